The van der Waals surface area contributed by atoms with E-state index in [4.69, 9.17) is 0 Å². The van der Waals surface area contributed by atoms with E-state index in [0.29, 0.717) is 16.9 Å². The smallest absolute Gasteiger partial charge is 0.0224 e. The summed E-state index contributed by atoms with van der Waals surface area (Å²) in [5.74, 6) is 0.934. The summed E-state index contributed by atoms with van der Waals surface area (Å²) in [5, 5.41) is 3.86. The Hall–Kier alpha value is -0.0800. The first kappa shape index (κ1) is 14.8. The Morgan fingerprint density at radius 2 is 1.55 bits per heavy atom. The Morgan fingerprint density at radius 1 is 0.950 bits per heavy atom. The Kier molecular flexibility index (Phi) is 3.70. The van der Waals surface area contributed by atoms with E-state index < -0.39 is 0 Å². The minimum absolute atomic E-state index is 0.482. The summed E-state index contributed by atoms with van der Waals surface area (Å²) in [5.41, 5.74) is 0.964. The number of hydrogen-bond acceptors (Lipinski definition) is 2. The normalized spacial score (nSPS) is 38.9. The van der Waals surface area contributed by atoms with Crippen LogP contribution in [0.1, 0.15) is 66.7 Å². The average molecular weight is 278 g/mol. The van der Waals surface area contributed by atoms with Gasteiger partial charge in [-0.15, -0.1) is 0 Å². The highest BCUT2D eigenvalue weighted by Gasteiger charge is 2.67. The maximum Gasteiger partial charge on any atom is 0.0224 e. The summed E-state index contributed by atoms with van der Waals surface area (Å²) >= 11 is 0. The van der Waals surface area contributed by atoms with Crippen LogP contribution in [0.25, 0.3) is 0 Å². The van der Waals surface area contributed by atoms with Crippen LogP contribution in [0.3, 0.4) is 0 Å². The van der Waals surface area contributed by atoms with Crippen molar-refractivity contribution in [1.29, 1.82) is 0 Å². The number of piperazine rings is 1. The molecule has 3 rings (SSSR count). The molecule has 0 radical (unpaired) electrons. The van der Waals surface area contributed by atoms with E-state index in [9.17, 15) is 0 Å². The van der Waals surface area contributed by atoms with E-state index in [1.54, 1.807) is 0 Å². The van der Waals surface area contributed by atoms with Gasteiger partial charge in [0, 0.05) is 31.2 Å². The van der Waals surface area contributed by atoms with Gasteiger partial charge >= 0.3 is 0 Å². The molecule has 0 aromatic heterocycles. The van der Waals surface area contributed by atoms with Gasteiger partial charge in [0.2, 0.25) is 0 Å². The Morgan fingerprint density at radius 3 is 2.10 bits per heavy atom. The van der Waals surface area contributed by atoms with Crippen molar-refractivity contribution in [2.75, 3.05) is 13.1 Å². The lowest BCUT2D eigenvalue weighted by Crippen LogP contribution is -2.59. The van der Waals surface area contributed by atoms with E-state index in [0.717, 1.165) is 18.0 Å². The summed E-state index contributed by atoms with van der Waals surface area (Å²) < 4.78 is 0. The molecule has 2 nitrogen and oxygen atoms in total. The molecule has 1 aliphatic heterocycles. The highest BCUT2D eigenvalue weighted by molar-refractivity contribution is 5.20. The average Bonchev–Trinajstić information content (AvgIpc) is 2.82. The highest BCUT2D eigenvalue weighted by atomic mass is 15.3. The lowest BCUT2D eigenvalue weighted by atomic mass is 9.82. The van der Waals surface area contributed by atoms with Crippen LogP contribution in [0, 0.1) is 16.7 Å². The van der Waals surface area contributed by atoms with Crippen LogP contribution in [-0.4, -0.2) is 36.1 Å². The monoisotopic (exact) mass is 278 g/mol. The van der Waals surface area contributed by atoms with Gasteiger partial charge in [0.1, 0.15) is 0 Å². The van der Waals surface area contributed by atoms with Crippen molar-refractivity contribution >= 4 is 0 Å². The standard InChI is InChI=1S/C18H34N2/c1-13-11-19-15(14-9-7-6-8-10-14)12-20(13)16-17(2,3)18(16,4)5/h13-16,19H,6-12H2,1-5H3. The molecule has 3 fully saturated rings. The van der Waals surface area contributed by atoms with Crippen LogP contribution in [0.2, 0.25) is 0 Å². The predicted molar refractivity (Wildman–Crippen MR) is 85.9 cm³/mol. The molecule has 2 aliphatic carbocycles. The molecule has 0 bridgehead atoms. The molecule has 0 spiro atoms. The summed E-state index contributed by atoms with van der Waals surface area (Å²) in [6.07, 6.45) is 7.29. The van der Waals surface area contributed by atoms with Crippen molar-refractivity contribution < 1.29 is 0 Å². The van der Waals surface area contributed by atoms with E-state index >= 15 is 0 Å². The zero-order valence-corrected chi connectivity index (χ0v) is 14.2. The van der Waals surface area contributed by atoms with E-state index in [1.165, 1.54) is 45.2 Å². The number of hydrogen-bond donors (Lipinski definition) is 1. The van der Waals surface area contributed by atoms with Gasteiger partial charge < -0.3 is 5.32 Å². The van der Waals surface area contributed by atoms with Crippen LogP contribution < -0.4 is 5.32 Å². The van der Waals surface area contributed by atoms with Crippen molar-refractivity contribution in [3.05, 3.63) is 0 Å². The Bertz CT molecular complexity index is 340. The second-order valence-electron chi connectivity index (χ2n) is 8.80. The lowest BCUT2D eigenvalue weighted by Gasteiger charge is -2.44. The maximum absolute atomic E-state index is 3.86. The zero-order valence-electron chi connectivity index (χ0n) is 14.2. The fourth-order valence-electron chi connectivity index (χ4n) is 5.11. The van der Waals surface area contributed by atoms with Crippen molar-refractivity contribution in [1.82, 2.24) is 10.2 Å². The molecule has 3 aliphatic rings. The topological polar surface area (TPSA) is 15.3 Å². The summed E-state index contributed by atoms with van der Waals surface area (Å²) in [4.78, 5) is 2.84. The van der Waals surface area contributed by atoms with E-state index in [-0.39, 0.29) is 0 Å². The van der Waals surface area contributed by atoms with Gasteiger partial charge in [-0.2, -0.15) is 0 Å². The van der Waals surface area contributed by atoms with Crippen molar-refractivity contribution in [2.24, 2.45) is 16.7 Å². The van der Waals surface area contributed by atoms with E-state index in [1.807, 2.05) is 0 Å². The molecule has 2 saturated carbocycles. The molecule has 2 unspecified atom stereocenters. The molecule has 1 heterocycles. The highest BCUT2D eigenvalue weighted by Crippen LogP contribution is 2.65. The molecule has 0 aromatic carbocycles. The van der Waals surface area contributed by atoms with Gasteiger partial charge in [0.25, 0.3) is 0 Å². The van der Waals surface area contributed by atoms with Gasteiger partial charge in [0.15, 0.2) is 0 Å². The van der Waals surface area contributed by atoms with Gasteiger partial charge in [-0.05, 0) is 36.5 Å². The van der Waals surface area contributed by atoms with Crippen molar-refractivity contribution in [2.45, 2.75) is 84.8 Å². The van der Waals surface area contributed by atoms with Crippen molar-refractivity contribution in [3.8, 4) is 0 Å². The SMILES string of the molecule is CC1CNC(C2CCCCC2)CN1C1C(C)(C)C1(C)C. The number of nitrogens with zero attached hydrogens (tertiary/aromatic N) is 1. The number of rotatable bonds is 2. The minimum Gasteiger partial charge on any atom is -0.311 e. The van der Waals surface area contributed by atoms with Crippen LogP contribution in [0.15, 0.2) is 0 Å². The molecule has 2 atom stereocenters. The first-order chi connectivity index (χ1) is 9.35. The third kappa shape index (κ3) is 2.23. The van der Waals surface area contributed by atoms with Crippen LogP contribution in [0.4, 0.5) is 0 Å². The molecular formula is C18H34N2. The quantitative estimate of drug-likeness (QED) is 0.829. The second kappa shape index (κ2) is 4.98. The summed E-state index contributed by atoms with van der Waals surface area (Å²) in [7, 11) is 0. The maximum atomic E-state index is 3.86. The largest absolute Gasteiger partial charge is 0.311 e. The van der Waals surface area contributed by atoms with Gasteiger partial charge in [-0.25, -0.2) is 0 Å². The second-order valence-corrected chi connectivity index (χ2v) is 8.80. The van der Waals surface area contributed by atoms with Gasteiger partial charge in [-0.1, -0.05) is 47.0 Å². The first-order valence-electron chi connectivity index (χ1n) is 8.85. The van der Waals surface area contributed by atoms with Gasteiger partial charge in [0.05, 0.1) is 0 Å². The molecule has 2 heteroatoms. The fraction of sp³-hybridized carbons (Fsp3) is 1.00. The third-order valence-corrected chi connectivity index (χ3v) is 7.14. The molecule has 0 amide bonds. The molecule has 0 aromatic rings. The third-order valence-electron chi connectivity index (χ3n) is 7.14. The zero-order chi connectivity index (χ0) is 14.5. The Labute approximate surface area is 125 Å². The Balaban J connectivity index is 1.68. The van der Waals surface area contributed by atoms with E-state index in [2.05, 4.69) is 44.8 Å². The summed E-state index contributed by atoms with van der Waals surface area (Å²) in [6, 6.07) is 2.22. The van der Waals surface area contributed by atoms with Crippen LogP contribution in [0.5, 0.6) is 0 Å². The molecule has 20 heavy (non-hydrogen) atoms. The lowest BCUT2D eigenvalue weighted by molar-refractivity contribution is 0.0815. The summed E-state index contributed by atoms with van der Waals surface area (Å²) in [6.45, 7) is 14.7. The first-order valence-corrected chi connectivity index (χ1v) is 8.85. The predicted octanol–water partition coefficient (Wildman–Crippen LogP) is 3.66. The molecule has 1 saturated heterocycles. The molecule has 116 valence electrons. The molecular weight excluding hydrogens is 244 g/mol. The molecule has 1 N–H and O–H groups in total. The number of nitrogens with one attached hydrogen (secondary N) is 1. The van der Waals surface area contributed by atoms with Gasteiger partial charge in [-0.3, -0.25) is 4.90 Å². The van der Waals surface area contributed by atoms with Crippen LogP contribution in [-0.2, 0) is 0 Å². The van der Waals surface area contributed by atoms with Crippen molar-refractivity contribution in [3.63, 3.8) is 0 Å². The minimum atomic E-state index is 0.482. The van der Waals surface area contributed by atoms with Crippen LogP contribution >= 0.6 is 0 Å². The fourth-order valence-corrected chi connectivity index (χ4v) is 5.11.